The van der Waals surface area contributed by atoms with E-state index in [1.807, 2.05) is 24.3 Å². The van der Waals surface area contributed by atoms with Gasteiger partial charge in [0.25, 0.3) is 0 Å². The molecule has 0 aromatic carbocycles. The number of rotatable bonds is 31. The lowest BCUT2D eigenvalue weighted by molar-refractivity contribution is -0.160. The van der Waals surface area contributed by atoms with E-state index in [0.717, 1.165) is 64.2 Å². The van der Waals surface area contributed by atoms with E-state index >= 15 is 0 Å². The van der Waals surface area contributed by atoms with Crippen LogP contribution in [0.3, 0.4) is 0 Å². The lowest BCUT2D eigenvalue weighted by atomic mass is 10.2. The summed E-state index contributed by atoms with van der Waals surface area (Å²) in [5.41, 5.74) is 0. The highest BCUT2D eigenvalue weighted by atomic mass is 31.2. The molecule has 0 aliphatic heterocycles. The van der Waals surface area contributed by atoms with Crippen molar-refractivity contribution in [2.75, 3.05) is 13.2 Å². The van der Waals surface area contributed by atoms with Crippen LogP contribution in [0.15, 0.2) is 134 Å². The summed E-state index contributed by atoms with van der Waals surface area (Å²) in [6.07, 6.45) is 55.0. The number of esters is 2. The van der Waals surface area contributed by atoms with Gasteiger partial charge in [-0.3, -0.25) is 14.1 Å². The second-order valence-electron chi connectivity index (χ2n) is 11.4. The molecule has 1 unspecified atom stereocenters. The molecule has 288 valence electrons. The fourth-order valence-corrected chi connectivity index (χ4v) is 4.42. The number of carbonyl (C=O) groups is 2. The van der Waals surface area contributed by atoms with E-state index in [0.29, 0.717) is 12.8 Å². The third kappa shape index (κ3) is 39.0. The first-order valence-corrected chi connectivity index (χ1v) is 20.0. The van der Waals surface area contributed by atoms with E-state index in [9.17, 15) is 14.2 Å². The number of ether oxygens (including phenoxy) is 2. The van der Waals surface area contributed by atoms with Crippen molar-refractivity contribution in [1.29, 1.82) is 0 Å². The van der Waals surface area contributed by atoms with Crippen LogP contribution < -0.4 is 0 Å². The average molecular weight is 739 g/mol. The van der Waals surface area contributed by atoms with Gasteiger partial charge in [0, 0.05) is 6.42 Å². The first-order chi connectivity index (χ1) is 25.3. The maximum atomic E-state index is 12.3. The van der Waals surface area contributed by atoms with Gasteiger partial charge < -0.3 is 19.3 Å². The van der Waals surface area contributed by atoms with Gasteiger partial charge >= 0.3 is 19.8 Å². The van der Waals surface area contributed by atoms with Gasteiger partial charge in [0.2, 0.25) is 0 Å². The highest BCUT2D eigenvalue weighted by molar-refractivity contribution is 7.46. The number of hydrogen-bond donors (Lipinski definition) is 2. The minimum Gasteiger partial charge on any atom is -0.461 e. The lowest BCUT2D eigenvalue weighted by Gasteiger charge is -2.18. The Hall–Kier alpha value is -3.81. The van der Waals surface area contributed by atoms with Gasteiger partial charge in [-0.1, -0.05) is 148 Å². The molecule has 0 aliphatic carbocycles. The Labute approximate surface area is 313 Å². The molecule has 2 N–H and O–H groups in total. The van der Waals surface area contributed by atoms with Gasteiger partial charge in [0.05, 0.1) is 13.0 Å². The smallest absolute Gasteiger partial charge is 0.461 e. The standard InChI is InChI=1S/C43H63O8P/c1-3-5-7-9-11-13-15-17-19-20-21-22-24-26-28-30-32-34-36-38-43(45)51-41(40-50-52(46,47)48)39-49-42(44)37-35-33-31-29-27-25-23-18-16-14-12-10-8-6-4-2/h5-8,11-14,17-19,21-23,26-29,32-35,41H,3-4,9-10,15-16,20,24-25,30-31,36-40H2,1-2H3,(H2,46,47,48)/b7-5-,8-6-,13-11-,14-12-,19-17-,22-21-,23-18-,28-26-,29-27-,34-32-,35-33-. The Bertz CT molecular complexity index is 1290. The molecule has 0 saturated heterocycles. The minimum atomic E-state index is -4.80. The second-order valence-corrected chi connectivity index (χ2v) is 12.7. The maximum absolute atomic E-state index is 12.3. The Morgan fingerprint density at radius 1 is 0.500 bits per heavy atom. The van der Waals surface area contributed by atoms with Crippen molar-refractivity contribution in [2.24, 2.45) is 0 Å². The van der Waals surface area contributed by atoms with Gasteiger partial charge in [0.1, 0.15) is 6.61 Å². The summed E-state index contributed by atoms with van der Waals surface area (Å²) >= 11 is 0. The molecule has 0 radical (unpaired) electrons. The molecule has 0 spiro atoms. The van der Waals surface area contributed by atoms with E-state index in [-0.39, 0.29) is 19.4 Å². The normalized spacial score (nSPS) is 14.0. The quantitative estimate of drug-likeness (QED) is 0.0410. The molecule has 0 fully saturated rings. The lowest BCUT2D eigenvalue weighted by Crippen LogP contribution is -2.29. The fraction of sp³-hybridized carbons (Fsp3) is 0.442. The zero-order valence-corrected chi connectivity index (χ0v) is 32.3. The summed E-state index contributed by atoms with van der Waals surface area (Å²) in [6.45, 7) is 3.27. The molecule has 0 bridgehead atoms. The van der Waals surface area contributed by atoms with Crippen LogP contribution in [0.5, 0.6) is 0 Å². The van der Waals surface area contributed by atoms with E-state index in [4.69, 9.17) is 19.3 Å². The summed E-state index contributed by atoms with van der Waals surface area (Å²) in [5.74, 6) is -1.15. The largest absolute Gasteiger partial charge is 0.469 e. The Morgan fingerprint density at radius 2 is 0.846 bits per heavy atom. The molecular weight excluding hydrogens is 675 g/mol. The number of phosphoric acid groups is 1. The summed E-state index contributed by atoms with van der Waals surface area (Å²) < 4.78 is 26.1. The minimum absolute atomic E-state index is 0.0101. The van der Waals surface area contributed by atoms with Crippen LogP contribution in [0.4, 0.5) is 0 Å². The summed E-state index contributed by atoms with van der Waals surface area (Å²) in [7, 11) is -4.80. The summed E-state index contributed by atoms with van der Waals surface area (Å²) in [4.78, 5) is 42.6. The molecule has 0 rings (SSSR count). The van der Waals surface area contributed by atoms with Crippen LogP contribution in [0, 0.1) is 0 Å². The number of hydrogen-bond acceptors (Lipinski definition) is 6. The number of carbonyl (C=O) groups excluding carboxylic acids is 2. The van der Waals surface area contributed by atoms with Gasteiger partial charge in [-0.15, -0.1) is 0 Å². The Morgan fingerprint density at radius 3 is 1.21 bits per heavy atom. The van der Waals surface area contributed by atoms with Crippen molar-refractivity contribution in [2.45, 2.75) is 110 Å². The van der Waals surface area contributed by atoms with Crippen molar-refractivity contribution in [3.63, 3.8) is 0 Å². The summed E-state index contributed by atoms with van der Waals surface area (Å²) in [5, 5.41) is 0. The third-order valence-electron chi connectivity index (χ3n) is 6.71. The van der Waals surface area contributed by atoms with Gasteiger partial charge in [-0.25, -0.2) is 4.57 Å². The molecule has 52 heavy (non-hydrogen) atoms. The average Bonchev–Trinajstić information content (AvgIpc) is 3.11. The predicted molar refractivity (Wildman–Crippen MR) is 215 cm³/mol. The van der Waals surface area contributed by atoms with E-state index in [1.165, 1.54) is 0 Å². The second kappa shape index (κ2) is 37.0. The first-order valence-electron chi connectivity index (χ1n) is 18.5. The Kier molecular flexibility index (Phi) is 34.3. The van der Waals surface area contributed by atoms with Gasteiger partial charge in [-0.2, -0.15) is 0 Å². The van der Waals surface area contributed by atoms with E-state index in [2.05, 4.69) is 122 Å². The molecular formula is C43H63O8P. The molecule has 0 aromatic heterocycles. The van der Waals surface area contributed by atoms with Crippen LogP contribution in [0.25, 0.3) is 0 Å². The SMILES string of the molecule is CC/C=C\C/C=C\C/C=C\C/C=C\C/C=C\C/C=C\CCC(=O)OC(COC(=O)C/C=C\C/C=C\C/C=C\C/C=C\C/C=C\CC)COP(=O)(O)O. The molecule has 0 heterocycles. The molecule has 0 saturated carbocycles. The van der Waals surface area contributed by atoms with Gasteiger partial charge in [-0.05, 0) is 77.0 Å². The van der Waals surface area contributed by atoms with Crippen molar-refractivity contribution in [1.82, 2.24) is 0 Å². The van der Waals surface area contributed by atoms with E-state index < -0.39 is 32.5 Å². The molecule has 1 atom stereocenters. The van der Waals surface area contributed by atoms with Crippen molar-refractivity contribution in [3.05, 3.63) is 134 Å². The fourth-order valence-electron chi connectivity index (χ4n) is 4.06. The van der Waals surface area contributed by atoms with Gasteiger partial charge in [0.15, 0.2) is 6.10 Å². The zero-order chi connectivity index (χ0) is 38.2. The van der Waals surface area contributed by atoms with Crippen LogP contribution in [-0.2, 0) is 28.2 Å². The topological polar surface area (TPSA) is 119 Å². The van der Waals surface area contributed by atoms with Crippen molar-refractivity contribution < 1.29 is 37.9 Å². The molecule has 0 amide bonds. The maximum Gasteiger partial charge on any atom is 0.469 e. The van der Waals surface area contributed by atoms with Crippen LogP contribution >= 0.6 is 7.82 Å². The monoisotopic (exact) mass is 738 g/mol. The highest BCUT2D eigenvalue weighted by Gasteiger charge is 2.22. The molecule has 0 aliphatic rings. The highest BCUT2D eigenvalue weighted by Crippen LogP contribution is 2.35. The summed E-state index contributed by atoms with van der Waals surface area (Å²) in [6, 6.07) is 0. The molecule has 8 nitrogen and oxygen atoms in total. The number of allylic oxidation sites excluding steroid dienone is 21. The van der Waals surface area contributed by atoms with Crippen LogP contribution in [-0.4, -0.2) is 41.0 Å². The van der Waals surface area contributed by atoms with Crippen LogP contribution in [0.1, 0.15) is 104 Å². The molecule has 9 heteroatoms. The van der Waals surface area contributed by atoms with Crippen molar-refractivity contribution >= 4 is 19.8 Å². The van der Waals surface area contributed by atoms with Crippen LogP contribution in [0.2, 0.25) is 0 Å². The first kappa shape index (κ1) is 48.2. The van der Waals surface area contributed by atoms with Crippen molar-refractivity contribution in [3.8, 4) is 0 Å². The third-order valence-corrected chi connectivity index (χ3v) is 7.20. The zero-order valence-electron chi connectivity index (χ0n) is 31.4. The van der Waals surface area contributed by atoms with E-state index in [1.54, 1.807) is 6.08 Å². The predicted octanol–water partition coefficient (Wildman–Crippen LogP) is 11.2. The molecule has 0 aromatic rings. The Balaban J connectivity index is 4.28. The number of phosphoric ester groups is 1.